The maximum atomic E-state index is 11.4. The number of rotatable bonds is 3. The van der Waals surface area contributed by atoms with Crippen LogP contribution >= 0.6 is 0 Å². The van der Waals surface area contributed by atoms with Crippen LogP contribution in [0, 0.1) is 11.3 Å². The Morgan fingerprint density at radius 2 is 1.84 bits per heavy atom. The molecule has 102 valence electrons. The van der Waals surface area contributed by atoms with Gasteiger partial charge < -0.3 is 5.32 Å². The number of nitrogens with zero attached hydrogens (tertiary/aromatic N) is 1. The first-order chi connectivity index (χ1) is 9.00. The van der Waals surface area contributed by atoms with E-state index in [4.69, 9.17) is 5.26 Å². The zero-order valence-corrected chi connectivity index (χ0v) is 11.8. The van der Waals surface area contributed by atoms with Gasteiger partial charge in [-0.15, -0.1) is 0 Å². The molecule has 0 bridgehead atoms. The second-order valence-electron chi connectivity index (χ2n) is 5.05. The molecule has 0 radical (unpaired) electrons. The maximum absolute atomic E-state index is 11.4. The Morgan fingerprint density at radius 1 is 1.26 bits per heavy atom. The summed E-state index contributed by atoms with van der Waals surface area (Å²) in [6, 6.07) is 10.0. The second kappa shape index (κ2) is 5.72. The van der Waals surface area contributed by atoms with Crippen LogP contribution in [0.2, 0.25) is 0 Å². The minimum atomic E-state index is -2.80. The van der Waals surface area contributed by atoms with Crippen molar-refractivity contribution in [1.29, 1.82) is 5.26 Å². The van der Waals surface area contributed by atoms with Crippen molar-refractivity contribution in [2.45, 2.75) is 31.8 Å². The van der Waals surface area contributed by atoms with Crippen molar-refractivity contribution in [2.24, 2.45) is 0 Å². The SMILES string of the molecule is CC(NC1CCS(=O)(=O)CC1)c1ccc(C#N)cc1. The van der Waals surface area contributed by atoms with Crippen molar-refractivity contribution >= 4 is 9.84 Å². The molecule has 19 heavy (non-hydrogen) atoms. The number of hydrogen-bond donors (Lipinski definition) is 1. The Kier molecular flexibility index (Phi) is 4.23. The number of nitrogens with one attached hydrogen (secondary N) is 1. The average molecular weight is 278 g/mol. The molecule has 1 aromatic carbocycles. The van der Waals surface area contributed by atoms with Gasteiger partial charge in [0.1, 0.15) is 9.84 Å². The molecule has 1 fully saturated rings. The van der Waals surface area contributed by atoms with Crippen molar-refractivity contribution in [3.8, 4) is 6.07 Å². The Morgan fingerprint density at radius 3 is 2.37 bits per heavy atom. The lowest BCUT2D eigenvalue weighted by Gasteiger charge is -2.26. The molecule has 0 aromatic heterocycles. The molecule has 0 amide bonds. The molecule has 2 rings (SSSR count). The molecular weight excluding hydrogens is 260 g/mol. The van der Waals surface area contributed by atoms with Crippen LogP contribution in [0.15, 0.2) is 24.3 Å². The third-order valence-electron chi connectivity index (χ3n) is 3.58. The van der Waals surface area contributed by atoms with Gasteiger partial charge in [-0.05, 0) is 37.5 Å². The largest absolute Gasteiger partial charge is 0.307 e. The van der Waals surface area contributed by atoms with Gasteiger partial charge in [0.2, 0.25) is 0 Å². The van der Waals surface area contributed by atoms with Gasteiger partial charge in [-0.2, -0.15) is 5.26 Å². The van der Waals surface area contributed by atoms with E-state index in [0.29, 0.717) is 18.4 Å². The molecule has 1 aromatic rings. The van der Waals surface area contributed by atoms with Gasteiger partial charge in [0, 0.05) is 12.1 Å². The minimum Gasteiger partial charge on any atom is -0.307 e. The molecule has 1 heterocycles. The van der Waals surface area contributed by atoms with E-state index in [1.807, 2.05) is 12.1 Å². The second-order valence-corrected chi connectivity index (χ2v) is 7.35. The highest BCUT2D eigenvalue weighted by Gasteiger charge is 2.24. The molecule has 0 spiro atoms. The highest BCUT2D eigenvalue weighted by molar-refractivity contribution is 7.91. The lowest BCUT2D eigenvalue weighted by molar-refractivity contribution is 0.420. The predicted molar refractivity (Wildman–Crippen MR) is 74.4 cm³/mol. The van der Waals surface area contributed by atoms with Crippen molar-refractivity contribution < 1.29 is 8.42 Å². The smallest absolute Gasteiger partial charge is 0.150 e. The van der Waals surface area contributed by atoms with Crippen LogP contribution in [-0.4, -0.2) is 26.0 Å². The van der Waals surface area contributed by atoms with Crippen molar-refractivity contribution in [2.75, 3.05) is 11.5 Å². The maximum Gasteiger partial charge on any atom is 0.150 e. The van der Waals surface area contributed by atoms with E-state index < -0.39 is 9.84 Å². The summed E-state index contributed by atoms with van der Waals surface area (Å²) in [5.74, 6) is 0.565. The summed E-state index contributed by atoms with van der Waals surface area (Å²) in [5.41, 5.74) is 1.77. The van der Waals surface area contributed by atoms with Crippen LogP contribution in [0.3, 0.4) is 0 Å². The van der Waals surface area contributed by atoms with Gasteiger partial charge >= 0.3 is 0 Å². The highest BCUT2D eigenvalue weighted by atomic mass is 32.2. The molecule has 0 aliphatic carbocycles. The fourth-order valence-electron chi connectivity index (χ4n) is 2.35. The van der Waals surface area contributed by atoms with E-state index in [-0.39, 0.29) is 23.6 Å². The quantitative estimate of drug-likeness (QED) is 0.915. The van der Waals surface area contributed by atoms with Gasteiger partial charge in [0.25, 0.3) is 0 Å². The zero-order valence-electron chi connectivity index (χ0n) is 11.0. The number of nitriles is 1. The normalized spacial score (nSPS) is 20.6. The van der Waals surface area contributed by atoms with Crippen molar-refractivity contribution in [1.82, 2.24) is 5.32 Å². The Bertz CT molecular complexity index is 558. The van der Waals surface area contributed by atoms with E-state index in [0.717, 1.165) is 5.56 Å². The molecule has 1 unspecified atom stereocenters. The first-order valence-electron chi connectivity index (χ1n) is 6.47. The predicted octanol–water partition coefficient (Wildman–Crippen LogP) is 1.79. The Labute approximate surface area is 114 Å². The molecule has 1 N–H and O–H groups in total. The summed E-state index contributed by atoms with van der Waals surface area (Å²) in [6.45, 7) is 2.06. The molecule has 1 aliphatic heterocycles. The number of benzene rings is 1. The Hall–Kier alpha value is -1.38. The van der Waals surface area contributed by atoms with E-state index in [9.17, 15) is 8.42 Å². The molecule has 1 atom stereocenters. The summed E-state index contributed by atoms with van der Waals surface area (Å²) in [6.07, 6.45) is 1.37. The highest BCUT2D eigenvalue weighted by Crippen LogP contribution is 2.18. The number of hydrogen-bond acceptors (Lipinski definition) is 4. The zero-order chi connectivity index (χ0) is 13.9. The van der Waals surface area contributed by atoms with E-state index in [2.05, 4.69) is 18.3 Å². The van der Waals surface area contributed by atoms with E-state index >= 15 is 0 Å². The molecule has 4 nitrogen and oxygen atoms in total. The Balaban J connectivity index is 1.94. The van der Waals surface area contributed by atoms with E-state index in [1.54, 1.807) is 12.1 Å². The first kappa shape index (κ1) is 14.0. The standard InChI is InChI=1S/C14H18N2O2S/c1-11(13-4-2-12(10-15)3-5-13)16-14-6-8-19(17,18)9-7-14/h2-5,11,14,16H,6-9H2,1H3. The van der Waals surface area contributed by atoms with Crippen LogP contribution in [0.25, 0.3) is 0 Å². The van der Waals surface area contributed by atoms with Crippen LogP contribution < -0.4 is 5.32 Å². The van der Waals surface area contributed by atoms with Crippen molar-refractivity contribution in [3.63, 3.8) is 0 Å². The van der Waals surface area contributed by atoms with Gasteiger partial charge in [-0.1, -0.05) is 12.1 Å². The third kappa shape index (κ3) is 3.79. The van der Waals surface area contributed by atoms with Crippen LogP contribution in [-0.2, 0) is 9.84 Å². The fraction of sp³-hybridized carbons (Fsp3) is 0.500. The summed E-state index contributed by atoms with van der Waals surface area (Å²) in [5, 5.41) is 12.2. The lowest BCUT2D eigenvalue weighted by Crippen LogP contribution is -2.38. The minimum absolute atomic E-state index is 0.165. The van der Waals surface area contributed by atoms with Crippen LogP contribution in [0.4, 0.5) is 0 Å². The van der Waals surface area contributed by atoms with Crippen molar-refractivity contribution in [3.05, 3.63) is 35.4 Å². The van der Waals surface area contributed by atoms with E-state index in [1.165, 1.54) is 0 Å². The lowest BCUT2D eigenvalue weighted by atomic mass is 10.0. The van der Waals surface area contributed by atoms with Crippen LogP contribution in [0.5, 0.6) is 0 Å². The van der Waals surface area contributed by atoms with Gasteiger partial charge in [-0.25, -0.2) is 8.42 Å². The molecular formula is C14H18N2O2S. The molecule has 1 aliphatic rings. The summed E-state index contributed by atoms with van der Waals surface area (Å²) >= 11 is 0. The molecule has 0 saturated carbocycles. The third-order valence-corrected chi connectivity index (χ3v) is 5.30. The van der Waals surface area contributed by atoms with Gasteiger partial charge in [0.05, 0.1) is 23.1 Å². The number of sulfone groups is 1. The summed E-state index contributed by atoms with van der Waals surface area (Å²) in [4.78, 5) is 0. The topological polar surface area (TPSA) is 70.0 Å². The summed E-state index contributed by atoms with van der Waals surface area (Å²) < 4.78 is 22.7. The summed E-state index contributed by atoms with van der Waals surface area (Å²) in [7, 11) is -2.80. The van der Waals surface area contributed by atoms with Crippen LogP contribution in [0.1, 0.15) is 36.9 Å². The fourth-order valence-corrected chi connectivity index (χ4v) is 3.84. The molecule has 1 saturated heterocycles. The van der Waals surface area contributed by atoms with Gasteiger partial charge in [-0.3, -0.25) is 0 Å². The average Bonchev–Trinajstić information content (AvgIpc) is 2.41. The van der Waals surface area contributed by atoms with Gasteiger partial charge in [0.15, 0.2) is 0 Å². The molecule has 5 heteroatoms. The monoisotopic (exact) mass is 278 g/mol. The first-order valence-corrected chi connectivity index (χ1v) is 8.29.